The molecule has 0 fully saturated rings. The lowest BCUT2D eigenvalue weighted by molar-refractivity contribution is -0.137. The van der Waals surface area contributed by atoms with E-state index in [4.69, 9.17) is 0 Å². The van der Waals surface area contributed by atoms with Gasteiger partial charge in [0.25, 0.3) is 0 Å². The Morgan fingerprint density at radius 2 is 1.90 bits per heavy atom. The number of sulfonamides is 1. The van der Waals surface area contributed by atoms with Crippen LogP contribution >= 0.6 is 0 Å². The molecular weight excluding hydrogens is 405 g/mol. The number of carbonyl (C=O) groups is 1. The summed E-state index contributed by atoms with van der Waals surface area (Å²) in [5, 5.41) is 2.87. The summed E-state index contributed by atoms with van der Waals surface area (Å²) in [5.41, 5.74) is -0.979. The molecule has 0 radical (unpaired) electrons. The summed E-state index contributed by atoms with van der Waals surface area (Å²) >= 11 is 0. The number of halogens is 3. The van der Waals surface area contributed by atoms with Crippen molar-refractivity contribution in [2.24, 2.45) is 5.92 Å². The van der Waals surface area contributed by atoms with Crippen molar-refractivity contribution in [1.29, 1.82) is 0 Å². The number of nitrogens with one attached hydrogen (secondary N) is 1. The zero-order valence-corrected chi connectivity index (χ0v) is 18.1. The molecule has 1 unspecified atom stereocenters. The number of benzene rings is 1. The molecule has 0 aliphatic rings. The van der Waals surface area contributed by atoms with Crippen LogP contribution in [0.3, 0.4) is 0 Å². The fourth-order valence-electron chi connectivity index (χ4n) is 3.00. The van der Waals surface area contributed by atoms with Crippen molar-refractivity contribution in [3.05, 3.63) is 29.8 Å². The molecule has 9 heteroatoms. The monoisotopic (exact) mass is 436 g/mol. The van der Waals surface area contributed by atoms with Gasteiger partial charge in [0.15, 0.2) is 0 Å². The van der Waals surface area contributed by atoms with Gasteiger partial charge in [-0.1, -0.05) is 39.2 Å². The van der Waals surface area contributed by atoms with Gasteiger partial charge in [0.1, 0.15) is 0 Å². The first-order valence-corrected chi connectivity index (χ1v) is 11.8. The second-order valence-corrected chi connectivity index (χ2v) is 9.11. The third kappa shape index (κ3) is 9.06. The molecule has 166 valence electrons. The number of unbranched alkanes of at least 4 members (excludes halogenated alkanes) is 1. The van der Waals surface area contributed by atoms with Gasteiger partial charge in [-0.25, -0.2) is 8.42 Å². The van der Waals surface area contributed by atoms with E-state index < -0.39 is 21.8 Å². The predicted molar refractivity (Wildman–Crippen MR) is 109 cm³/mol. The van der Waals surface area contributed by atoms with Crippen LogP contribution in [0.2, 0.25) is 0 Å². The standard InChI is InChI=1S/C20H31F3N2O3S/c1-4-6-9-16(5-2)15-24-19(26)12-8-13-25(29(3,27)28)18-11-7-10-17(14-18)20(21,22)23/h7,10-11,14,16H,4-6,8-9,12-13,15H2,1-3H3,(H,24,26). The Morgan fingerprint density at radius 3 is 2.45 bits per heavy atom. The minimum Gasteiger partial charge on any atom is -0.356 e. The van der Waals surface area contributed by atoms with Crippen molar-refractivity contribution in [3.63, 3.8) is 0 Å². The number of rotatable bonds is 12. The highest BCUT2D eigenvalue weighted by Gasteiger charge is 2.31. The highest BCUT2D eigenvalue weighted by Crippen LogP contribution is 2.32. The summed E-state index contributed by atoms with van der Waals surface area (Å²) in [4.78, 5) is 12.1. The first-order chi connectivity index (χ1) is 13.5. The molecule has 0 spiro atoms. The number of hydrogen-bond acceptors (Lipinski definition) is 3. The van der Waals surface area contributed by atoms with Gasteiger partial charge < -0.3 is 5.32 Å². The van der Waals surface area contributed by atoms with Gasteiger partial charge in [0.05, 0.1) is 17.5 Å². The van der Waals surface area contributed by atoms with Crippen molar-refractivity contribution < 1.29 is 26.4 Å². The molecule has 29 heavy (non-hydrogen) atoms. The van der Waals surface area contributed by atoms with Crippen LogP contribution in [0.5, 0.6) is 0 Å². The second-order valence-electron chi connectivity index (χ2n) is 7.21. The zero-order valence-electron chi connectivity index (χ0n) is 17.3. The molecule has 0 aromatic heterocycles. The lowest BCUT2D eigenvalue weighted by Gasteiger charge is -2.23. The maximum absolute atomic E-state index is 12.9. The minimum absolute atomic E-state index is 0.0617. The normalized spacial score (nSPS) is 13.2. The number of nitrogens with zero attached hydrogens (tertiary/aromatic N) is 1. The highest BCUT2D eigenvalue weighted by molar-refractivity contribution is 7.92. The lowest BCUT2D eigenvalue weighted by atomic mass is 9.99. The first-order valence-electron chi connectivity index (χ1n) is 9.90. The van der Waals surface area contributed by atoms with Crippen LogP contribution in [-0.2, 0) is 21.0 Å². The topological polar surface area (TPSA) is 66.5 Å². The van der Waals surface area contributed by atoms with Crippen LogP contribution in [0.1, 0.15) is 57.9 Å². The fraction of sp³-hybridized carbons (Fsp3) is 0.650. The Balaban J connectivity index is 2.67. The summed E-state index contributed by atoms with van der Waals surface area (Å²) in [6.07, 6.45) is 0.911. The molecule has 0 aliphatic carbocycles. The molecule has 0 heterocycles. The Morgan fingerprint density at radius 1 is 1.21 bits per heavy atom. The van der Waals surface area contributed by atoms with E-state index in [1.54, 1.807) is 0 Å². The lowest BCUT2D eigenvalue weighted by Crippen LogP contribution is -2.33. The summed E-state index contributed by atoms with van der Waals surface area (Å²) in [6.45, 7) is 4.70. The molecule has 1 N–H and O–H groups in total. The van der Waals surface area contributed by atoms with E-state index in [-0.39, 0.29) is 31.0 Å². The maximum atomic E-state index is 12.9. The van der Waals surface area contributed by atoms with Crippen molar-refractivity contribution in [2.75, 3.05) is 23.7 Å². The number of alkyl halides is 3. The molecule has 0 saturated heterocycles. The SMILES string of the molecule is CCCCC(CC)CNC(=O)CCCN(c1cccc(C(F)(F)F)c1)S(C)(=O)=O. The molecule has 1 amide bonds. The van der Waals surface area contributed by atoms with E-state index in [9.17, 15) is 26.4 Å². The van der Waals surface area contributed by atoms with Gasteiger partial charge in [-0.2, -0.15) is 13.2 Å². The van der Waals surface area contributed by atoms with E-state index in [1.165, 1.54) is 12.1 Å². The summed E-state index contributed by atoms with van der Waals surface area (Å²) in [5.74, 6) is 0.231. The molecular formula is C20H31F3N2O3S. The number of anilines is 1. The van der Waals surface area contributed by atoms with Gasteiger partial charge in [-0.15, -0.1) is 0 Å². The van der Waals surface area contributed by atoms with Gasteiger partial charge >= 0.3 is 6.18 Å². The summed E-state index contributed by atoms with van der Waals surface area (Å²) < 4.78 is 63.8. The van der Waals surface area contributed by atoms with Crippen molar-refractivity contribution >= 4 is 21.6 Å². The van der Waals surface area contributed by atoms with E-state index in [1.807, 2.05) is 0 Å². The molecule has 5 nitrogen and oxygen atoms in total. The molecule has 0 bridgehead atoms. The molecule has 0 aliphatic heterocycles. The number of amides is 1. The summed E-state index contributed by atoms with van der Waals surface area (Å²) in [6, 6.07) is 4.18. The van der Waals surface area contributed by atoms with Crippen molar-refractivity contribution in [1.82, 2.24) is 5.32 Å². The van der Waals surface area contributed by atoms with Gasteiger partial charge in [0.2, 0.25) is 15.9 Å². The average molecular weight is 437 g/mol. The summed E-state index contributed by atoms with van der Waals surface area (Å²) in [7, 11) is -3.78. The third-order valence-corrected chi connectivity index (χ3v) is 5.95. The second kappa shape index (κ2) is 11.4. The third-order valence-electron chi connectivity index (χ3n) is 4.76. The fourth-order valence-corrected chi connectivity index (χ4v) is 3.95. The van der Waals surface area contributed by atoms with Crippen LogP contribution in [0.25, 0.3) is 0 Å². The molecule has 1 aromatic rings. The minimum atomic E-state index is -4.56. The van der Waals surface area contributed by atoms with E-state index >= 15 is 0 Å². The van der Waals surface area contributed by atoms with Crippen LogP contribution in [0.4, 0.5) is 18.9 Å². The average Bonchev–Trinajstić information content (AvgIpc) is 2.63. The Hall–Kier alpha value is -1.77. The van der Waals surface area contributed by atoms with E-state index in [2.05, 4.69) is 19.2 Å². The van der Waals surface area contributed by atoms with Gasteiger partial charge in [-0.3, -0.25) is 9.10 Å². The highest BCUT2D eigenvalue weighted by atomic mass is 32.2. The molecule has 1 atom stereocenters. The van der Waals surface area contributed by atoms with Gasteiger partial charge in [0, 0.05) is 19.5 Å². The Bertz CT molecular complexity index is 752. The van der Waals surface area contributed by atoms with Crippen molar-refractivity contribution in [3.8, 4) is 0 Å². The van der Waals surface area contributed by atoms with Gasteiger partial charge in [-0.05, 0) is 37.0 Å². The van der Waals surface area contributed by atoms with E-state index in [0.717, 1.165) is 48.4 Å². The molecule has 1 rings (SSSR count). The van der Waals surface area contributed by atoms with Crippen LogP contribution < -0.4 is 9.62 Å². The van der Waals surface area contributed by atoms with E-state index in [0.29, 0.717) is 12.5 Å². The largest absolute Gasteiger partial charge is 0.416 e. The number of hydrogen-bond donors (Lipinski definition) is 1. The first kappa shape index (κ1) is 25.3. The van der Waals surface area contributed by atoms with Crippen LogP contribution in [0, 0.1) is 5.92 Å². The Labute approximate surface area is 171 Å². The number of carbonyl (C=O) groups excluding carboxylic acids is 1. The molecule has 1 aromatic carbocycles. The predicted octanol–water partition coefficient (Wildman–Crippen LogP) is 4.58. The maximum Gasteiger partial charge on any atom is 0.416 e. The Kier molecular flexibility index (Phi) is 9.95. The van der Waals surface area contributed by atoms with Crippen LogP contribution in [-0.4, -0.2) is 33.7 Å². The van der Waals surface area contributed by atoms with Crippen molar-refractivity contribution in [2.45, 2.75) is 58.5 Å². The quantitative estimate of drug-likeness (QED) is 0.521. The zero-order chi connectivity index (χ0) is 22.1. The molecule has 0 saturated carbocycles. The smallest absolute Gasteiger partial charge is 0.356 e. The van der Waals surface area contributed by atoms with Crippen LogP contribution in [0.15, 0.2) is 24.3 Å².